The molecule has 1 saturated heterocycles. The van der Waals surface area contributed by atoms with Gasteiger partial charge in [0.05, 0.1) is 21.0 Å². The molecule has 11 nitrogen and oxygen atoms in total. The van der Waals surface area contributed by atoms with Gasteiger partial charge in [-0.25, -0.2) is 9.97 Å². The first-order valence-corrected chi connectivity index (χ1v) is 19.1. The van der Waals surface area contributed by atoms with E-state index in [2.05, 4.69) is 31.9 Å². The number of hydrogen-bond acceptors (Lipinski definition) is 11. The molecule has 0 N–H and O–H groups in total. The molecule has 54 heavy (non-hydrogen) atoms. The molecule has 1 aliphatic rings. The molecular formula is C40H42ClFN6O5S. The van der Waals surface area contributed by atoms with Crippen molar-refractivity contribution in [3.8, 4) is 39.1 Å². The maximum absolute atomic E-state index is 14.3. The smallest absolute Gasteiger partial charge is 0.278 e. The number of carbonyl (C=O) groups is 1. The summed E-state index contributed by atoms with van der Waals surface area (Å²) < 4.78 is 40.6. The van der Waals surface area contributed by atoms with Crippen LogP contribution < -0.4 is 14.2 Å². The van der Waals surface area contributed by atoms with Gasteiger partial charge in [0.25, 0.3) is 6.01 Å². The molecule has 0 amide bonds. The van der Waals surface area contributed by atoms with Crippen molar-refractivity contribution in [3.63, 3.8) is 0 Å². The number of aryl methyl sites for hydroxylation is 1. The minimum Gasteiger partial charge on any atom is -0.491 e. The first kappa shape index (κ1) is 37.5. The second-order valence-corrected chi connectivity index (χ2v) is 14.6. The van der Waals surface area contributed by atoms with Gasteiger partial charge in [-0.15, -0.1) is 11.3 Å². The third-order valence-electron chi connectivity index (χ3n) is 9.70. The van der Waals surface area contributed by atoms with E-state index in [1.54, 1.807) is 12.3 Å². The van der Waals surface area contributed by atoms with Crippen molar-refractivity contribution in [2.24, 2.45) is 0 Å². The lowest BCUT2D eigenvalue weighted by molar-refractivity contribution is -0.123. The number of benzene rings is 2. The molecule has 0 bridgehead atoms. The lowest BCUT2D eigenvalue weighted by Crippen LogP contribution is -2.45. The number of piperazine rings is 1. The van der Waals surface area contributed by atoms with E-state index < -0.39 is 12.1 Å². The zero-order valence-electron chi connectivity index (χ0n) is 30.7. The zero-order valence-corrected chi connectivity index (χ0v) is 32.3. The van der Waals surface area contributed by atoms with E-state index in [1.165, 1.54) is 30.7 Å². The van der Waals surface area contributed by atoms with E-state index in [-0.39, 0.29) is 18.1 Å². The normalized spacial score (nSPS) is 14.4. The molecule has 0 aliphatic carbocycles. The van der Waals surface area contributed by atoms with Gasteiger partial charge >= 0.3 is 0 Å². The van der Waals surface area contributed by atoms with E-state index >= 15 is 0 Å². The Labute approximate surface area is 322 Å². The van der Waals surface area contributed by atoms with Crippen molar-refractivity contribution in [3.05, 3.63) is 95.0 Å². The summed E-state index contributed by atoms with van der Waals surface area (Å²) in [5.74, 6) is 1.54. The summed E-state index contributed by atoms with van der Waals surface area (Å²) in [5.41, 5.74) is 3.88. The Hall–Kier alpha value is -4.82. The number of rotatable bonds is 15. The summed E-state index contributed by atoms with van der Waals surface area (Å²) in [6.45, 7) is 11.8. The molecule has 4 aromatic heterocycles. The number of halogens is 2. The fraction of sp³-hybridized carbons (Fsp3) is 0.350. The molecule has 1 atom stereocenters. The van der Waals surface area contributed by atoms with Crippen molar-refractivity contribution in [1.82, 2.24) is 29.5 Å². The average molecular weight is 773 g/mol. The highest BCUT2D eigenvalue weighted by Gasteiger charge is 2.28. The number of ether oxygens (including phenoxy) is 3. The van der Waals surface area contributed by atoms with E-state index in [1.807, 2.05) is 61.0 Å². The zero-order chi connectivity index (χ0) is 37.8. The molecular weight excluding hydrogens is 731 g/mol. The molecule has 6 aromatic rings. The second kappa shape index (κ2) is 16.7. The van der Waals surface area contributed by atoms with Crippen molar-refractivity contribution in [1.29, 1.82) is 0 Å². The second-order valence-electron chi connectivity index (χ2n) is 13.3. The Morgan fingerprint density at radius 1 is 1.04 bits per heavy atom. The number of likely N-dealkylation sites (N-methyl/N-ethyl adjacent to an activating group) is 1. The van der Waals surface area contributed by atoms with Crippen LogP contribution in [0.15, 0.2) is 71.5 Å². The van der Waals surface area contributed by atoms with Crippen LogP contribution in [-0.4, -0.2) is 87.8 Å². The Morgan fingerprint density at radius 3 is 2.61 bits per heavy atom. The highest BCUT2D eigenvalue weighted by molar-refractivity contribution is 7.22. The number of hydrogen-bond donors (Lipinski definition) is 0. The quantitative estimate of drug-likeness (QED) is 0.103. The fourth-order valence-electron chi connectivity index (χ4n) is 6.60. The summed E-state index contributed by atoms with van der Waals surface area (Å²) in [6, 6.07) is 15.4. The van der Waals surface area contributed by atoms with Crippen LogP contribution in [0.5, 0.6) is 17.4 Å². The number of Topliss-reactive ketones (excluding diaryl/α,β-unsaturated/α-hetero) is 1. The van der Waals surface area contributed by atoms with Gasteiger partial charge in [-0.2, -0.15) is 9.49 Å². The van der Waals surface area contributed by atoms with Crippen LogP contribution in [0.25, 0.3) is 32.0 Å². The van der Waals surface area contributed by atoms with Gasteiger partial charge in [0.2, 0.25) is 5.88 Å². The van der Waals surface area contributed by atoms with Gasteiger partial charge in [-0.05, 0) is 68.8 Å². The van der Waals surface area contributed by atoms with Gasteiger partial charge < -0.3 is 23.5 Å². The average Bonchev–Trinajstić information content (AvgIpc) is 3.92. The van der Waals surface area contributed by atoms with Crippen LogP contribution in [0, 0.1) is 12.9 Å². The van der Waals surface area contributed by atoms with E-state index in [0.29, 0.717) is 56.2 Å². The molecule has 14 heteroatoms. The molecule has 1 fully saturated rings. The molecule has 7 rings (SSSR count). The Kier molecular flexibility index (Phi) is 11.6. The summed E-state index contributed by atoms with van der Waals surface area (Å²) >= 11 is 8.32. The minimum absolute atomic E-state index is 0.192. The predicted molar refractivity (Wildman–Crippen MR) is 207 cm³/mol. The predicted octanol–water partition coefficient (Wildman–Crippen LogP) is 7.72. The number of aromatic nitrogens is 4. The molecule has 0 saturated carbocycles. The highest BCUT2D eigenvalue weighted by Crippen LogP contribution is 2.49. The third kappa shape index (κ3) is 8.14. The highest BCUT2D eigenvalue weighted by atomic mass is 35.5. The molecule has 1 aliphatic heterocycles. The molecule has 0 unspecified atom stereocenters. The van der Waals surface area contributed by atoms with Crippen molar-refractivity contribution >= 4 is 38.9 Å². The Balaban J connectivity index is 1.20. The minimum atomic E-state index is -0.910. The SMILES string of the molecule is CCn1nccc1COc1ccccc1C[C@@H](Oc1ncnc2sc(-c3ccc(F)o3)c(-c3ccc(OCCN4CCN(C)CC4)c(Cl)c3C)c12)C(C)=O. The Morgan fingerprint density at radius 2 is 1.85 bits per heavy atom. The van der Waals surface area contributed by atoms with Crippen molar-refractivity contribution < 1.29 is 27.8 Å². The monoisotopic (exact) mass is 772 g/mol. The number of carbonyl (C=O) groups excluding carboxylic acids is 1. The number of furan rings is 1. The molecule has 2 aromatic carbocycles. The van der Waals surface area contributed by atoms with Crippen LogP contribution in [0.2, 0.25) is 5.02 Å². The standard InChI is InChI=1S/C40H42ClFN6O5S/c1-5-48-28(14-15-45-48)23-51-30-9-7-6-8-27(30)22-33(26(3)49)53-39-36-35(38(32-12-13-34(42)52-32)54-40(36)44-24-43-39)29-10-11-31(37(41)25(29)2)50-21-20-47-18-16-46(4)17-19-47/h6-15,24,33H,5,16-23H2,1-4H3/t33-/m1/s1. The van der Waals surface area contributed by atoms with Crippen LogP contribution in [0.1, 0.15) is 30.7 Å². The fourth-order valence-corrected chi connectivity index (χ4v) is 7.93. The number of nitrogens with zero attached hydrogens (tertiary/aromatic N) is 6. The molecule has 282 valence electrons. The number of thiophene rings is 1. The first-order chi connectivity index (χ1) is 26.2. The summed E-state index contributed by atoms with van der Waals surface area (Å²) in [4.78, 5) is 28.2. The molecule has 5 heterocycles. The number of fused-ring (bicyclic) bond motifs is 1. The lowest BCUT2D eigenvalue weighted by Gasteiger charge is -2.32. The summed E-state index contributed by atoms with van der Waals surface area (Å²) in [6.07, 6.45) is 2.46. The maximum Gasteiger partial charge on any atom is 0.278 e. The third-order valence-corrected chi connectivity index (χ3v) is 11.3. The van der Waals surface area contributed by atoms with Crippen LogP contribution in [-0.2, 0) is 24.4 Å². The topological polar surface area (TPSA) is 108 Å². The summed E-state index contributed by atoms with van der Waals surface area (Å²) in [5, 5.41) is 5.34. The molecule has 0 spiro atoms. The van der Waals surface area contributed by atoms with Crippen LogP contribution >= 0.6 is 22.9 Å². The molecule has 0 radical (unpaired) electrons. The van der Waals surface area contributed by atoms with E-state index in [4.69, 9.17) is 30.2 Å². The number of para-hydroxylation sites is 1. The lowest BCUT2D eigenvalue weighted by atomic mass is 9.97. The maximum atomic E-state index is 14.3. The Bertz CT molecular complexity index is 2250. The largest absolute Gasteiger partial charge is 0.491 e. The van der Waals surface area contributed by atoms with Gasteiger partial charge in [-0.1, -0.05) is 35.9 Å². The van der Waals surface area contributed by atoms with Gasteiger partial charge in [0.1, 0.15) is 41.6 Å². The van der Waals surface area contributed by atoms with E-state index in [9.17, 15) is 9.18 Å². The van der Waals surface area contributed by atoms with Crippen LogP contribution in [0.4, 0.5) is 4.39 Å². The first-order valence-electron chi connectivity index (χ1n) is 17.9. The summed E-state index contributed by atoms with van der Waals surface area (Å²) in [7, 11) is 2.13. The van der Waals surface area contributed by atoms with Gasteiger partial charge in [0, 0.05) is 63.5 Å². The van der Waals surface area contributed by atoms with E-state index in [0.717, 1.165) is 61.7 Å². The van der Waals surface area contributed by atoms with Crippen molar-refractivity contribution in [2.75, 3.05) is 46.4 Å². The van der Waals surface area contributed by atoms with Gasteiger partial charge in [-0.3, -0.25) is 14.4 Å². The van der Waals surface area contributed by atoms with Gasteiger partial charge in [0.15, 0.2) is 11.9 Å². The van der Waals surface area contributed by atoms with Crippen molar-refractivity contribution in [2.45, 2.75) is 46.4 Å². The van der Waals surface area contributed by atoms with Crippen LogP contribution in [0.3, 0.4) is 0 Å². The number of ketones is 1.